The van der Waals surface area contributed by atoms with Crippen molar-refractivity contribution in [3.05, 3.63) is 70.2 Å². The monoisotopic (exact) mass is 602 g/mol. The molecule has 1 amide bonds. The van der Waals surface area contributed by atoms with E-state index in [9.17, 15) is 18.4 Å². The Morgan fingerprint density at radius 1 is 1.14 bits per heavy atom. The molecule has 1 saturated heterocycles. The van der Waals surface area contributed by atoms with Gasteiger partial charge in [0.05, 0.1) is 44.7 Å². The van der Waals surface area contributed by atoms with Crippen molar-refractivity contribution in [2.24, 2.45) is 7.05 Å². The minimum atomic E-state index is -2.70. The van der Waals surface area contributed by atoms with Crippen LogP contribution in [0.4, 0.5) is 14.5 Å². The predicted octanol–water partition coefficient (Wildman–Crippen LogP) is 4.69. The zero-order chi connectivity index (χ0) is 29.8. The highest BCUT2D eigenvalue weighted by Crippen LogP contribution is 2.38. The Labute approximate surface area is 244 Å². The summed E-state index contributed by atoms with van der Waals surface area (Å²) in [6.07, 6.45) is 0.248. The number of aromatic nitrogens is 3. The standard InChI is InChI=1S/C29H29ClF2N4O6/c1-35-13-17-9-19(4-5-23(17)34-35)33-29(38)24(11-20-15-40-7-8-41-20)36-14-26(39-2)22(12-28(36)37)21-10-18(30)3-6-25(21)42-16-27(31)32/h3-6,9-10,12-14,20,24,27H,7-8,11,15-16H2,1-2H3,(H,33,38). The summed E-state index contributed by atoms with van der Waals surface area (Å²) in [5, 5.41) is 8.40. The Kier molecular flexibility index (Phi) is 9.05. The molecule has 2 atom stereocenters. The molecule has 1 N–H and O–H groups in total. The fourth-order valence-corrected chi connectivity index (χ4v) is 5.03. The van der Waals surface area contributed by atoms with E-state index in [1.165, 1.54) is 42.1 Å². The van der Waals surface area contributed by atoms with E-state index in [-0.39, 0.29) is 30.1 Å². The summed E-state index contributed by atoms with van der Waals surface area (Å²) in [5.74, 6) is -0.148. The number of amides is 1. The van der Waals surface area contributed by atoms with Crippen LogP contribution in [0.5, 0.6) is 11.5 Å². The number of methoxy groups -OCH3 is 1. The maximum absolute atomic E-state index is 13.7. The van der Waals surface area contributed by atoms with Gasteiger partial charge in [0.2, 0.25) is 5.91 Å². The smallest absolute Gasteiger partial charge is 0.272 e. The molecule has 222 valence electrons. The molecule has 2 aromatic heterocycles. The molecule has 42 heavy (non-hydrogen) atoms. The van der Waals surface area contributed by atoms with Crippen molar-refractivity contribution in [1.82, 2.24) is 14.3 Å². The highest BCUT2D eigenvalue weighted by Gasteiger charge is 2.29. The predicted molar refractivity (Wildman–Crippen MR) is 153 cm³/mol. The molecule has 2 unspecified atom stereocenters. The molecule has 0 spiro atoms. The highest BCUT2D eigenvalue weighted by atomic mass is 35.5. The SMILES string of the molecule is COc1cn(C(CC2COCCO2)C(=O)Nc2ccc3nn(C)cc3c2)c(=O)cc1-c1cc(Cl)ccc1OCC(F)F. The van der Waals surface area contributed by atoms with Gasteiger partial charge in [-0.25, -0.2) is 8.78 Å². The molecule has 0 bridgehead atoms. The Morgan fingerprint density at radius 3 is 2.69 bits per heavy atom. The normalized spacial score (nSPS) is 16.0. The molecule has 5 rings (SSSR count). The van der Waals surface area contributed by atoms with Crippen LogP contribution in [0.3, 0.4) is 0 Å². The van der Waals surface area contributed by atoms with Gasteiger partial charge in [-0.15, -0.1) is 0 Å². The average molecular weight is 603 g/mol. The second kappa shape index (κ2) is 12.9. The molecule has 4 aromatic rings. The number of pyridine rings is 1. The van der Waals surface area contributed by atoms with E-state index < -0.39 is 36.6 Å². The maximum Gasteiger partial charge on any atom is 0.272 e. The Balaban J connectivity index is 1.52. The van der Waals surface area contributed by atoms with Crippen molar-refractivity contribution in [2.45, 2.75) is 25.0 Å². The lowest BCUT2D eigenvalue weighted by atomic mass is 10.0. The second-order valence-electron chi connectivity index (χ2n) is 9.73. The number of ether oxygens (including phenoxy) is 4. The van der Waals surface area contributed by atoms with Gasteiger partial charge in [-0.3, -0.25) is 18.8 Å². The minimum Gasteiger partial charge on any atom is -0.495 e. The van der Waals surface area contributed by atoms with Gasteiger partial charge in [-0.05, 0) is 36.4 Å². The van der Waals surface area contributed by atoms with Gasteiger partial charge >= 0.3 is 0 Å². The van der Waals surface area contributed by atoms with Gasteiger partial charge in [0.15, 0.2) is 0 Å². The first kappa shape index (κ1) is 29.5. The Bertz CT molecular complexity index is 1640. The van der Waals surface area contributed by atoms with Crippen molar-refractivity contribution in [1.29, 1.82) is 0 Å². The highest BCUT2D eigenvalue weighted by molar-refractivity contribution is 6.31. The lowest BCUT2D eigenvalue weighted by Crippen LogP contribution is -2.38. The van der Waals surface area contributed by atoms with E-state index >= 15 is 0 Å². The molecule has 13 heteroatoms. The average Bonchev–Trinajstić information content (AvgIpc) is 3.35. The number of benzene rings is 2. The number of halogens is 3. The van der Waals surface area contributed by atoms with Crippen LogP contribution >= 0.6 is 11.6 Å². The van der Waals surface area contributed by atoms with Gasteiger partial charge in [-0.2, -0.15) is 5.10 Å². The third kappa shape index (κ3) is 6.72. The summed E-state index contributed by atoms with van der Waals surface area (Å²) < 4.78 is 51.0. The van der Waals surface area contributed by atoms with Crippen molar-refractivity contribution in [3.8, 4) is 22.6 Å². The Morgan fingerprint density at radius 2 is 1.95 bits per heavy atom. The number of hydrogen-bond acceptors (Lipinski definition) is 7. The lowest BCUT2D eigenvalue weighted by Gasteiger charge is -2.28. The van der Waals surface area contributed by atoms with Gasteiger partial charge in [0.25, 0.3) is 12.0 Å². The number of aryl methyl sites for hydroxylation is 1. The first-order valence-electron chi connectivity index (χ1n) is 13.2. The van der Waals surface area contributed by atoms with Crippen LogP contribution in [-0.4, -0.2) is 66.3 Å². The number of alkyl halides is 2. The van der Waals surface area contributed by atoms with Gasteiger partial charge in [0, 0.05) is 53.0 Å². The molecule has 10 nitrogen and oxygen atoms in total. The van der Waals surface area contributed by atoms with Crippen molar-refractivity contribution in [2.75, 3.05) is 38.9 Å². The fourth-order valence-electron chi connectivity index (χ4n) is 4.86. The topological polar surface area (TPSA) is 106 Å². The molecule has 2 aromatic carbocycles. The van der Waals surface area contributed by atoms with Gasteiger partial charge in [-0.1, -0.05) is 11.6 Å². The number of anilines is 1. The molecule has 1 fully saturated rings. The molecule has 0 saturated carbocycles. The third-order valence-electron chi connectivity index (χ3n) is 6.76. The zero-order valence-corrected chi connectivity index (χ0v) is 23.6. The fraction of sp³-hybridized carbons (Fsp3) is 0.345. The van der Waals surface area contributed by atoms with Crippen LogP contribution < -0.4 is 20.3 Å². The van der Waals surface area contributed by atoms with Crippen LogP contribution in [0, 0.1) is 0 Å². The minimum absolute atomic E-state index is 0.1000. The van der Waals surface area contributed by atoms with E-state index in [2.05, 4.69) is 10.4 Å². The number of hydrogen-bond donors (Lipinski definition) is 1. The third-order valence-corrected chi connectivity index (χ3v) is 6.99. The second-order valence-corrected chi connectivity index (χ2v) is 10.2. The number of fused-ring (bicyclic) bond motifs is 1. The molecule has 3 heterocycles. The molecule has 1 aliphatic heterocycles. The largest absolute Gasteiger partial charge is 0.495 e. The van der Waals surface area contributed by atoms with E-state index in [0.717, 1.165) is 10.9 Å². The first-order chi connectivity index (χ1) is 20.2. The zero-order valence-electron chi connectivity index (χ0n) is 22.9. The summed E-state index contributed by atoms with van der Waals surface area (Å²) in [7, 11) is 3.20. The summed E-state index contributed by atoms with van der Waals surface area (Å²) in [4.78, 5) is 27.4. The summed E-state index contributed by atoms with van der Waals surface area (Å²) in [6.45, 7) is 0.230. The number of carbonyl (C=O) groups is 1. The lowest BCUT2D eigenvalue weighted by molar-refractivity contribution is -0.124. The van der Waals surface area contributed by atoms with E-state index in [4.69, 9.17) is 30.5 Å². The number of carbonyl (C=O) groups excluding carboxylic acids is 1. The van der Waals surface area contributed by atoms with Crippen molar-refractivity contribution in [3.63, 3.8) is 0 Å². The van der Waals surface area contributed by atoms with E-state index in [1.807, 2.05) is 6.20 Å². The van der Waals surface area contributed by atoms with Crippen molar-refractivity contribution < 1.29 is 32.5 Å². The maximum atomic E-state index is 13.7. The van der Waals surface area contributed by atoms with Gasteiger partial charge in [0.1, 0.15) is 24.1 Å². The quantitative estimate of drug-likeness (QED) is 0.281. The van der Waals surface area contributed by atoms with E-state index in [1.54, 1.807) is 29.9 Å². The Hall–Kier alpha value is -4.00. The van der Waals surface area contributed by atoms with E-state index in [0.29, 0.717) is 29.5 Å². The number of nitrogens with one attached hydrogen (secondary N) is 1. The van der Waals surface area contributed by atoms with Crippen LogP contribution in [0.15, 0.2) is 59.7 Å². The molecular formula is C29H29ClF2N4O6. The van der Waals surface area contributed by atoms with Gasteiger partial charge < -0.3 is 24.3 Å². The number of rotatable bonds is 10. The summed E-state index contributed by atoms with van der Waals surface area (Å²) in [6, 6.07) is 10.0. The van der Waals surface area contributed by atoms with Crippen LogP contribution in [-0.2, 0) is 21.3 Å². The van der Waals surface area contributed by atoms with Crippen LogP contribution in [0.2, 0.25) is 5.02 Å². The van der Waals surface area contributed by atoms with Crippen LogP contribution in [0.1, 0.15) is 12.5 Å². The van der Waals surface area contributed by atoms with Crippen LogP contribution in [0.25, 0.3) is 22.0 Å². The molecule has 0 radical (unpaired) electrons. The molecular weight excluding hydrogens is 574 g/mol. The summed E-state index contributed by atoms with van der Waals surface area (Å²) in [5.41, 5.74) is 1.32. The first-order valence-corrected chi connectivity index (χ1v) is 13.5. The number of nitrogens with zero attached hydrogens (tertiary/aromatic N) is 3. The summed E-state index contributed by atoms with van der Waals surface area (Å²) >= 11 is 6.20. The molecule has 0 aliphatic carbocycles. The van der Waals surface area contributed by atoms with Crippen molar-refractivity contribution >= 4 is 34.1 Å². The molecule has 1 aliphatic rings.